The van der Waals surface area contributed by atoms with Crippen molar-refractivity contribution in [2.24, 2.45) is 10.5 Å². The number of carbonyl (C=O) groups is 1. The molecule has 1 aromatic carbocycles. The number of halogens is 1. The Morgan fingerprint density at radius 1 is 1.35 bits per heavy atom. The highest BCUT2D eigenvalue weighted by molar-refractivity contribution is 6.31. The fraction of sp³-hybridized carbons (Fsp3) is 0.467. The van der Waals surface area contributed by atoms with Gasteiger partial charge in [0.2, 0.25) is 0 Å². The van der Waals surface area contributed by atoms with Gasteiger partial charge in [-0.15, -0.1) is 0 Å². The van der Waals surface area contributed by atoms with Crippen molar-refractivity contribution in [2.45, 2.75) is 34.6 Å². The van der Waals surface area contributed by atoms with Crippen molar-refractivity contribution in [3.8, 4) is 0 Å². The second-order valence-electron chi connectivity index (χ2n) is 5.75. The molecule has 0 atom stereocenters. The third-order valence-corrected chi connectivity index (χ3v) is 3.55. The Morgan fingerprint density at radius 2 is 2.00 bits per heavy atom. The minimum absolute atomic E-state index is 0.0513. The number of carbonyl (C=O) groups excluding carboxylic acids is 1. The van der Waals surface area contributed by atoms with Crippen molar-refractivity contribution in [1.82, 2.24) is 5.43 Å². The summed E-state index contributed by atoms with van der Waals surface area (Å²) in [5.41, 5.74) is 5.15. The molecule has 0 aromatic heterocycles. The van der Waals surface area contributed by atoms with Crippen LogP contribution in [0, 0.1) is 12.3 Å². The van der Waals surface area contributed by atoms with E-state index in [9.17, 15) is 4.79 Å². The van der Waals surface area contributed by atoms with Crippen molar-refractivity contribution in [2.75, 3.05) is 11.9 Å². The van der Waals surface area contributed by atoms with E-state index in [1.807, 2.05) is 52.8 Å². The summed E-state index contributed by atoms with van der Waals surface area (Å²) >= 11 is 6.02. The summed E-state index contributed by atoms with van der Waals surface area (Å²) in [6, 6.07) is 5.55. The number of hydrogen-bond acceptors (Lipinski definition) is 3. The first-order valence-electron chi connectivity index (χ1n) is 6.54. The molecular formula is C15H22ClN3O. The first-order chi connectivity index (χ1) is 9.21. The summed E-state index contributed by atoms with van der Waals surface area (Å²) in [5, 5.41) is 7.83. The quantitative estimate of drug-likeness (QED) is 0.659. The topological polar surface area (TPSA) is 53.5 Å². The summed E-state index contributed by atoms with van der Waals surface area (Å²) < 4.78 is 0. The van der Waals surface area contributed by atoms with E-state index in [-0.39, 0.29) is 17.9 Å². The van der Waals surface area contributed by atoms with Crippen LogP contribution in [-0.4, -0.2) is 18.2 Å². The van der Waals surface area contributed by atoms with Crippen LogP contribution in [0.1, 0.15) is 33.3 Å². The average Bonchev–Trinajstić information content (AvgIpc) is 2.36. The molecule has 0 spiro atoms. The van der Waals surface area contributed by atoms with Crippen LogP contribution in [0.4, 0.5) is 5.69 Å². The largest absolute Gasteiger partial charge is 0.376 e. The van der Waals surface area contributed by atoms with Gasteiger partial charge < -0.3 is 5.32 Å². The number of rotatable bonds is 4. The van der Waals surface area contributed by atoms with Gasteiger partial charge in [-0.2, -0.15) is 5.10 Å². The molecule has 0 heterocycles. The minimum Gasteiger partial charge on any atom is -0.376 e. The van der Waals surface area contributed by atoms with Gasteiger partial charge in [-0.1, -0.05) is 38.4 Å². The SMILES string of the molecule is C/C(=N/NC(=O)CNc1cccc(Cl)c1C)C(C)(C)C. The molecule has 0 aliphatic rings. The number of benzene rings is 1. The van der Waals surface area contributed by atoms with Gasteiger partial charge in [-0.3, -0.25) is 4.79 Å². The summed E-state index contributed by atoms with van der Waals surface area (Å²) in [4.78, 5) is 11.7. The molecule has 1 aromatic rings. The Balaban J connectivity index is 2.55. The molecule has 20 heavy (non-hydrogen) atoms. The van der Waals surface area contributed by atoms with Crippen LogP contribution in [0.25, 0.3) is 0 Å². The Labute approximate surface area is 125 Å². The molecular weight excluding hydrogens is 274 g/mol. The summed E-state index contributed by atoms with van der Waals surface area (Å²) in [5.74, 6) is -0.187. The van der Waals surface area contributed by atoms with E-state index in [4.69, 9.17) is 11.6 Å². The second kappa shape index (κ2) is 6.75. The molecule has 1 rings (SSSR count). The van der Waals surface area contributed by atoms with Crippen molar-refractivity contribution in [1.29, 1.82) is 0 Å². The lowest BCUT2D eigenvalue weighted by Crippen LogP contribution is -2.29. The van der Waals surface area contributed by atoms with Gasteiger partial charge in [0.05, 0.1) is 6.54 Å². The lowest BCUT2D eigenvalue weighted by molar-refractivity contribution is -0.119. The second-order valence-corrected chi connectivity index (χ2v) is 6.16. The molecule has 0 unspecified atom stereocenters. The Hall–Kier alpha value is -1.55. The monoisotopic (exact) mass is 295 g/mol. The van der Waals surface area contributed by atoms with Crippen LogP contribution in [0.3, 0.4) is 0 Å². The molecule has 0 aliphatic carbocycles. The molecule has 5 heteroatoms. The predicted octanol–water partition coefficient (Wildman–Crippen LogP) is 3.60. The van der Waals surface area contributed by atoms with Gasteiger partial charge in [0.25, 0.3) is 5.91 Å². The molecule has 4 nitrogen and oxygen atoms in total. The molecule has 0 radical (unpaired) electrons. The number of anilines is 1. The molecule has 0 aliphatic heterocycles. The lowest BCUT2D eigenvalue weighted by atomic mass is 9.91. The number of nitrogens with zero attached hydrogens (tertiary/aromatic N) is 1. The standard InChI is InChI=1S/C15H22ClN3O/c1-10-12(16)7-6-8-13(10)17-9-14(20)19-18-11(2)15(3,4)5/h6-8,17H,9H2,1-5H3,(H,19,20)/b18-11-. The Kier molecular flexibility index (Phi) is 5.57. The van der Waals surface area contributed by atoms with Crippen LogP contribution >= 0.6 is 11.6 Å². The van der Waals surface area contributed by atoms with Crippen molar-refractivity contribution in [3.05, 3.63) is 28.8 Å². The van der Waals surface area contributed by atoms with Gasteiger partial charge in [-0.05, 0) is 31.5 Å². The minimum atomic E-state index is -0.187. The average molecular weight is 296 g/mol. The zero-order valence-electron chi connectivity index (χ0n) is 12.7. The van der Waals surface area contributed by atoms with Gasteiger partial charge >= 0.3 is 0 Å². The lowest BCUT2D eigenvalue weighted by Gasteiger charge is -2.17. The predicted molar refractivity (Wildman–Crippen MR) is 85.4 cm³/mol. The first-order valence-corrected chi connectivity index (χ1v) is 6.92. The van der Waals surface area contributed by atoms with Crippen LogP contribution in [0.15, 0.2) is 23.3 Å². The highest BCUT2D eigenvalue weighted by Crippen LogP contribution is 2.22. The molecule has 2 N–H and O–H groups in total. The van der Waals surface area contributed by atoms with E-state index >= 15 is 0 Å². The third kappa shape index (κ3) is 4.85. The number of nitrogens with one attached hydrogen (secondary N) is 2. The van der Waals surface area contributed by atoms with Gasteiger partial charge in [0, 0.05) is 21.8 Å². The maximum atomic E-state index is 11.7. The molecule has 110 valence electrons. The highest BCUT2D eigenvalue weighted by Gasteiger charge is 2.14. The molecule has 0 fully saturated rings. The van der Waals surface area contributed by atoms with Crippen molar-refractivity contribution in [3.63, 3.8) is 0 Å². The zero-order valence-corrected chi connectivity index (χ0v) is 13.4. The van der Waals surface area contributed by atoms with E-state index in [0.29, 0.717) is 5.02 Å². The smallest absolute Gasteiger partial charge is 0.259 e. The number of amides is 1. The van der Waals surface area contributed by atoms with Gasteiger partial charge in [-0.25, -0.2) is 5.43 Å². The maximum Gasteiger partial charge on any atom is 0.259 e. The van der Waals surface area contributed by atoms with Crippen molar-refractivity contribution < 1.29 is 4.79 Å². The van der Waals surface area contributed by atoms with Crippen LogP contribution in [0.2, 0.25) is 5.02 Å². The van der Waals surface area contributed by atoms with Gasteiger partial charge in [0.1, 0.15) is 0 Å². The van der Waals surface area contributed by atoms with Crippen LogP contribution < -0.4 is 10.7 Å². The summed E-state index contributed by atoms with van der Waals surface area (Å²) in [6.07, 6.45) is 0. The van der Waals surface area contributed by atoms with E-state index in [0.717, 1.165) is 17.0 Å². The fourth-order valence-corrected chi connectivity index (χ4v) is 1.50. The van der Waals surface area contributed by atoms with Gasteiger partial charge in [0.15, 0.2) is 0 Å². The normalized spacial score (nSPS) is 12.2. The first kappa shape index (κ1) is 16.5. The zero-order chi connectivity index (χ0) is 15.3. The van der Waals surface area contributed by atoms with E-state index < -0.39 is 0 Å². The van der Waals surface area contributed by atoms with E-state index in [1.165, 1.54) is 0 Å². The molecule has 1 amide bonds. The third-order valence-electron chi connectivity index (χ3n) is 3.14. The Morgan fingerprint density at radius 3 is 2.60 bits per heavy atom. The van der Waals surface area contributed by atoms with E-state index in [1.54, 1.807) is 0 Å². The Bertz CT molecular complexity index is 518. The molecule has 0 saturated heterocycles. The van der Waals surface area contributed by atoms with Crippen LogP contribution in [0.5, 0.6) is 0 Å². The summed E-state index contributed by atoms with van der Waals surface area (Å²) in [7, 11) is 0. The number of hydrazone groups is 1. The fourth-order valence-electron chi connectivity index (χ4n) is 1.33. The highest BCUT2D eigenvalue weighted by atomic mass is 35.5. The van der Waals surface area contributed by atoms with Crippen molar-refractivity contribution >= 4 is 28.9 Å². The van der Waals surface area contributed by atoms with Crippen LogP contribution in [-0.2, 0) is 4.79 Å². The molecule has 0 saturated carbocycles. The van der Waals surface area contributed by atoms with E-state index in [2.05, 4.69) is 15.8 Å². The maximum absolute atomic E-state index is 11.7. The summed E-state index contributed by atoms with van der Waals surface area (Å²) in [6.45, 7) is 10.1. The molecule has 0 bridgehead atoms. The number of hydrogen-bond donors (Lipinski definition) is 2.